The molecule has 32 heavy (non-hydrogen) atoms. The van der Waals surface area contributed by atoms with E-state index >= 15 is 0 Å². The van der Waals surface area contributed by atoms with Gasteiger partial charge < -0.3 is 14.8 Å². The van der Waals surface area contributed by atoms with Crippen LogP contribution in [0.2, 0.25) is 0 Å². The van der Waals surface area contributed by atoms with Gasteiger partial charge >= 0.3 is 0 Å². The molecule has 3 fully saturated rings. The van der Waals surface area contributed by atoms with Crippen molar-refractivity contribution in [1.29, 1.82) is 0 Å². The Hall–Kier alpha value is -2.38. The molecule has 4 heterocycles. The van der Waals surface area contributed by atoms with Crippen LogP contribution in [0.15, 0.2) is 30.6 Å². The van der Waals surface area contributed by atoms with Crippen molar-refractivity contribution in [1.82, 2.24) is 20.1 Å². The fourth-order valence-corrected chi connectivity index (χ4v) is 5.78. The van der Waals surface area contributed by atoms with E-state index in [9.17, 15) is 9.59 Å². The third-order valence-electron chi connectivity index (χ3n) is 7.61. The van der Waals surface area contributed by atoms with Crippen LogP contribution in [0.3, 0.4) is 0 Å². The Morgan fingerprint density at radius 3 is 2.41 bits per heavy atom. The number of piperidine rings is 2. The number of nitrogens with zero attached hydrogens (tertiary/aromatic N) is 3. The van der Waals surface area contributed by atoms with Gasteiger partial charge in [-0.2, -0.15) is 0 Å². The highest BCUT2D eigenvalue weighted by Crippen LogP contribution is 2.30. The standard InChI is InChI=1S/C25H35N5O2/c1-17-12-28(13-18(2)30(17)14-19-7-9-26-10-8-19)22-4-3-20-15-29(16-21(20)11-22)23-5-6-24(31)27-25(23)32/h3-4,11,15-19,23,26H,5-10,12-14H2,1-2H3,(H,27,31,32). The Labute approximate surface area is 190 Å². The van der Waals surface area contributed by atoms with Gasteiger partial charge in [0.05, 0.1) is 0 Å². The molecule has 7 heteroatoms. The molecule has 1 aromatic carbocycles. The van der Waals surface area contributed by atoms with Gasteiger partial charge in [0, 0.05) is 61.6 Å². The summed E-state index contributed by atoms with van der Waals surface area (Å²) in [7, 11) is 0. The molecule has 172 valence electrons. The number of carbonyl (C=O) groups excluding carboxylic acids is 2. The van der Waals surface area contributed by atoms with Crippen molar-refractivity contribution >= 4 is 28.3 Å². The number of hydrogen-bond acceptors (Lipinski definition) is 5. The summed E-state index contributed by atoms with van der Waals surface area (Å²) in [6.07, 6.45) is 7.63. The third-order valence-corrected chi connectivity index (χ3v) is 7.61. The molecule has 3 aliphatic rings. The summed E-state index contributed by atoms with van der Waals surface area (Å²) in [6, 6.07) is 7.36. The Bertz CT molecular complexity index is 983. The van der Waals surface area contributed by atoms with E-state index in [4.69, 9.17) is 0 Å². The van der Waals surface area contributed by atoms with Crippen molar-refractivity contribution in [3.63, 3.8) is 0 Å². The summed E-state index contributed by atoms with van der Waals surface area (Å²) < 4.78 is 1.97. The highest BCUT2D eigenvalue weighted by molar-refractivity contribution is 5.99. The van der Waals surface area contributed by atoms with Gasteiger partial charge in [0.1, 0.15) is 6.04 Å². The lowest BCUT2D eigenvalue weighted by atomic mass is 9.95. The molecule has 2 amide bonds. The second-order valence-electron chi connectivity index (χ2n) is 9.98. The highest BCUT2D eigenvalue weighted by atomic mass is 16.2. The van der Waals surface area contributed by atoms with Crippen LogP contribution in [0.25, 0.3) is 10.8 Å². The zero-order chi connectivity index (χ0) is 22.2. The molecular formula is C25H35N5O2. The van der Waals surface area contributed by atoms with Crippen molar-refractivity contribution in [3.05, 3.63) is 30.6 Å². The minimum Gasteiger partial charge on any atom is -0.368 e. The number of benzene rings is 1. The molecule has 3 saturated heterocycles. The number of piperazine rings is 1. The number of anilines is 1. The van der Waals surface area contributed by atoms with Crippen LogP contribution in [-0.2, 0) is 9.59 Å². The van der Waals surface area contributed by atoms with E-state index in [1.807, 2.05) is 10.8 Å². The zero-order valence-corrected chi connectivity index (χ0v) is 19.2. The van der Waals surface area contributed by atoms with Crippen molar-refractivity contribution in [2.24, 2.45) is 5.92 Å². The van der Waals surface area contributed by atoms with Crippen LogP contribution in [-0.4, -0.2) is 66.1 Å². The summed E-state index contributed by atoms with van der Waals surface area (Å²) in [4.78, 5) is 29.0. The zero-order valence-electron chi connectivity index (χ0n) is 19.2. The Balaban J connectivity index is 1.29. The van der Waals surface area contributed by atoms with Crippen molar-refractivity contribution < 1.29 is 9.59 Å². The first-order chi connectivity index (χ1) is 15.5. The fraction of sp³-hybridized carbons (Fsp3) is 0.600. The van der Waals surface area contributed by atoms with Crippen LogP contribution < -0.4 is 15.5 Å². The number of carbonyl (C=O) groups is 2. The molecule has 1 aromatic heterocycles. The van der Waals surface area contributed by atoms with Gasteiger partial charge in [-0.05, 0) is 69.6 Å². The molecule has 3 atom stereocenters. The highest BCUT2D eigenvalue weighted by Gasteiger charge is 2.32. The summed E-state index contributed by atoms with van der Waals surface area (Å²) in [5, 5.41) is 8.21. The lowest BCUT2D eigenvalue weighted by Crippen LogP contribution is -2.58. The first-order valence-corrected chi connectivity index (χ1v) is 12.1. The molecule has 0 saturated carbocycles. The minimum atomic E-state index is -0.304. The number of nitrogens with one attached hydrogen (secondary N) is 2. The molecule has 2 N–H and O–H groups in total. The largest absolute Gasteiger partial charge is 0.368 e. The van der Waals surface area contributed by atoms with Gasteiger partial charge in [0.25, 0.3) is 0 Å². The average Bonchev–Trinajstić information content (AvgIpc) is 3.20. The summed E-state index contributed by atoms with van der Waals surface area (Å²) in [5.41, 5.74) is 1.25. The second-order valence-corrected chi connectivity index (χ2v) is 9.98. The van der Waals surface area contributed by atoms with Gasteiger partial charge in [0.15, 0.2) is 0 Å². The van der Waals surface area contributed by atoms with Gasteiger partial charge in [0.2, 0.25) is 11.8 Å². The summed E-state index contributed by atoms with van der Waals surface area (Å²) in [6.45, 7) is 10.3. The van der Waals surface area contributed by atoms with Crippen molar-refractivity contribution in [2.45, 2.75) is 57.7 Å². The van der Waals surface area contributed by atoms with Crippen molar-refractivity contribution in [3.8, 4) is 0 Å². The average molecular weight is 438 g/mol. The summed E-state index contributed by atoms with van der Waals surface area (Å²) >= 11 is 0. The van der Waals surface area contributed by atoms with Crippen molar-refractivity contribution in [2.75, 3.05) is 37.6 Å². The van der Waals surface area contributed by atoms with E-state index in [-0.39, 0.29) is 17.9 Å². The molecule has 0 radical (unpaired) electrons. The smallest absolute Gasteiger partial charge is 0.249 e. The Morgan fingerprint density at radius 2 is 1.69 bits per heavy atom. The molecule has 0 aliphatic carbocycles. The molecule has 3 unspecified atom stereocenters. The lowest BCUT2D eigenvalue weighted by molar-refractivity contribution is -0.135. The van der Waals surface area contributed by atoms with Crippen LogP contribution >= 0.6 is 0 Å². The van der Waals surface area contributed by atoms with E-state index in [0.29, 0.717) is 24.9 Å². The van der Waals surface area contributed by atoms with E-state index in [1.54, 1.807) is 0 Å². The number of rotatable bonds is 4. The monoisotopic (exact) mass is 437 g/mol. The minimum absolute atomic E-state index is 0.173. The van der Waals surface area contributed by atoms with E-state index in [1.165, 1.54) is 25.1 Å². The molecule has 2 aromatic rings. The maximum absolute atomic E-state index is 12.3. The molecule has 3 aliphatic heterocycles. The van der Waals surface area contributed by atoms with Gasteiger partial charge in [-0.1, -0.05) is 6.07 Å². The predicted molar refractivity (Wildman–Crippen MR) is 127 cm³/mol. The van der Waals surface area contributed by atoms with E-state index < -0.39 is 0 Å². The van der Waals surface area contributed by atoms with Gasteiger partial charge in [-0.15, -0.1) is 0 Å². The van der Waals surface area contributed by atoms with E-state index in [2.05, 4.69) is 58.7 Å². The van der Waals surface area contributed by atoms with Crippen LogP contribution in [0.4, 0.5) is 5.69 Å². The quantitative estimate of drug-likeness (QED) is 0.720. The predicted octanol–water partition coefficient (Wildman–Crippen LogP) is 2.52. The maximum atomic E-state index is 12.3. The SMILES string of the molecule is CC1CN(c2ccc3cn(C4CCC(=O)NC4=O)cc3c2)CC(C)N1CC1CCNCC1. The normalized spacial score (nSPS) is 28.3. The van der Waals surface area contributed by atoms with Crippen LogP contribution in [0.1, 0.15) is 45.6 Å². The first kappa shape index (κ1) is 21.5. The Morgan fingerprint density at radius 1 is 0.969 bits per heavy atom. The van der Waals surface area contributed by atoms with Gasteiger partial charge in [-0.3, -0.25) is 19.8 Å². The molecule has 0 bridgehead atoms. The third kappa shape index (κ3) is 4.28. The summed E-state index contributed by atoms with van der Waals surface area (Å²) in [5.74, 6) is 0.443. The molecular weight excluding hydrogens is 402 g/mol. The number of aromatic nitrogens is 1. The topological polar surface area (TPSA) is 69.6 Å². The van der Waals surface area contributed by atoms with E-state index in [0.717, 1.165) is 42.9 Å². The fourth-order valence-electron chi connectivity index (χ4n) is 5.78. The van der Waals surface area contributed by atoms with Gasteiger partial charge in [-0.25, -0.2) is 0 Å². The molecule has 0 spiro atoms. The number of hydrogen-bond donors (Lipinski definition) is 2. The number of amides is 2. The van der Waals surface area contributed by atoms with Crippen LogP contribution in [0.5, 0.6) is 0 Å². The molecule has 7 nitrogen and oxygen atoms in total. The number of imide groups is 1. The lowest BCUT2D eigenvalue weighted by Gasteiger charge is -2.47. The second kappa shape index (κ2) is 8.87. The first-order valence-electron chi connectivity index (χ1n) is 12.1. The Kier molecular flexibility index (Phi) is 5.95. The maximum Gasteiger partial charge on any atom is 0.249 e. The number of fused-ring (bicyclic) bond motifs is 1. The molecule has 5 rings (SSSR count). The van der Waals surface area contributed by atoms with Crippen LogP contribution in [0, 0.1) is 5.92 Å².